The van der Waals surface area contributed by atoms with Gasteiger partial charge in [-0.05, 0) is 123 Å². The number of hydrogen-bond acceptors (Lipinski definition) is 7. The van der Waals surface area contributed by atoms with Gasteiger partial charge in [0.25, 0.3) is 5.91 Å². The molecule has 9 heteroatoms. The number of fused-ring (bicyclic) bond motifs is 3. The van der Waals surface area contributed by atoms with Crippen LogP contribution in [0.15, 0.2) is 11.8 Å². The monoisotopic (exact) mass is 627 g/mol. The molecule has 6 fully saturated rings. The Balaban J connectivity index is 1.09. The fraction of sp³-hybridized carbons (Fsp3) is 0.889. The van der Waals surface area contributed by atoms with Crippen LogP contribution in [0, 0.1) is 17.8 Å². The van der Waals surface area contributed by atoms with E-state index in [4.69, 9.17) is 4.74 Å². The number of amides is 1. The SMILES string of the molecule is CN1CCCC1CCNC(=O)C1=CN2C3CC4CCCCC4CC3OC3C(N(C)CCCCN4CCCC4)C(F)CC(C1=O)C32. The van der Waals surface area contributed by atoms with Crippen molar-refractivity contribution in [1.82, 2.24) is 24.9 Å². The van der Waals surface area contributed by atoms with Gasteiger partial charge in [-0.2, -0.15) is 0 Å². The molecule has 3 saturated carbocycles. The lowest BCUT2D eigenvalue weighted by atomic mass is 9.64. The van der Waals surface area contributed by atoms with Crippen molar-refractivity contribution < 1.29 is 18.7 Å². The average Bonchev–Trinajstić information content (AvgIpc) is 3.71. The van der Waals surface area contributed by atoms with Crippen molar-refractivity contribution in [1.29, 1.82) is 0 Å². The van der Waals surface area contributed by atoms with E-state index in [1.807, 2.05) is 6.20 Å². The zero-order valence-corrected chi connectivity index (χ0v) is 27.9. The Labute approximate surface area is 270 Å². The maximum atomic E-state index is 16.4. The molecule has 3 saturated heterocycles. The van der Waals surface area contributed by atoms with Crippen LogP contribution in [0.5, 0.6) is 0 Å². The summed E-state index contributed by atoms with van der Waals surface area (Å²) in [6.07, 6.45) is 15.8. The zero-order chi connectivity index (χ0) is 31.1. The number of likely N-dealkylation sites (N-methyl/N-ethyl adjacent to an activating group) is 1. The van der Waals surface area contributed by atoms with E-state index in [0.717, 1.165) is 58.2 Å². The van der Waals surface area contributed by atoms with Crippen molar-refractivity contribution in [2.45, 2.75) is 132 Å². The summed E-state index contributed by atoms with van der Waals surface area (Å²) in [5.74, 6) is 0.349. The summed E-state index contributed by atoms with van der Waals surface area (Å²) >= 11 is 0. The quantitative estimate of drug-likeness (QED) is 0.290. The van der Waals surface area contributed by atoms with Gasteiger partial charge >= 0.3 is 0 Å². The first-order valence-electron chi connectivity index (χ1n) is 18.6. The maximum absolute atomic E-state index is 16.4. The number of nitrogens with one attached hydrogen (secondary N) is 1. The van der Waals surface area contributed by atoms with E-state index in [2.05, 4.69) is 39.0 Å². The lowest BCUT2D eigenvalue weighted by Crippen LogP contribution is -2.73. The van der Waals surface area contributed by atoms with Gasteiger partial charge in [0.05, 0.1) is 35.9 Å². The number of carbonyl (C=O) groups is 2. The summed E-state index contributed by atoms with van der Waals surface area (Å²) < 4.78 is 23.4. The highest BCUT2D eigenvalue weighted by Crippen LogP contribution is 2.50. The van der Waals surface area contributed by atoms with Crippen LogP contribution in [0.25, 0.3) is 0 Å². The summed E-state index contributed by atoms with van der Waals surface area (Å²) in [5, 5.41) is 3.09. The molecule has 1 amide bonds. The number of rotatable bonds is 10. The largest absolute Gasteiger partial charge is 0.369 e. The lowest BCUT2D eigenvalue weighted by Gasteiger charge is -2.61. The summed E-state index contributed by atoms with van der Waals surface area (Å²) in [6.45, 7) is 6.05. The second-order valence-corrected chi connectivity index (χ2v) is 15.7. The zero-order valence-electron chi connectivity index (χ0n) is 27.9. The van der Waals surface area contributed by atoms with E-state index in [-0.39, 0.29) is 54.0 Å². The number of Topliss-reactive ketones (excluding diaryl/α,β-unsaturated/α-hetero) is 1. The molecule has 4 aliphatic heterocycles. The summed E-state index contributed by atoms with van der Waals surface area (Å²) in [7, 11) is 4.21. The summed E-state index contributed by atoms with van der Waals surface area (Å²) in [6, 6.07) is 0.0628. The Morgan fingerprint density at radius 1 is 1.02 bits per heavy atom. The van der Waals surface area contributed by atoms with Gasteiger partial charge < -0.3 is 24.8 Å². The first kappa shape index (κ1) is 32.0. The number of hydrogen-bond donors (Lipinski definition) is 1. The number of ketones is 1. The number of carbonyl (C=O) groups excluding carboxylic acids is 2. The third-order valence-corrected chi connectivity index (χ3v) is 13.1. The summed E-state index contributed by atoms with van der Waals surface area (Å²) in [5.41, 5.74) is 0.238. The molecule has 7 rings (SSSR count). The van der Waals surface area contributed by atoms with Crippen LogP contribution in [0.3, 0.4) is 0 Å². The summed E-state index contributed by atoms with van der Waals surface area (Å²) in [4.78, 5) is 37.1. The fourth-order valence-electron chi connectivity index (χ4n) is 10.6. The van der Waals surface area contributed by atoms with Gasteiger partial charge in [-0.1, -0.05) is 25.7 Å². The van der Waals surface area contributed by atoms with Crippen LogP contribution in [0.4, 0.5) is 4.39 Å². The number of halogens is 1. The predicted molar refractivity (Wildman–Crippen MR) is 173 cm³/mol. The average molecular weight is 628 g/mol. The molecule has 0 aromatic rings. The van der Waals surface area contributed by atoms with E-state index < -0.39 is 12.1 Å². The Bertz CT molecular complexity index is 1100. The minimum absolute atomic E-state index is 0.0225. The van der Waals surface area contributed by atoms with Gasteiger partial charge in [-0.3, -0.25) is 14.5 Å². The standard InChI is InChI=1S/C36H58FN5O3/c1-39-16-9-12-26(39)13-14-38-36(44)28-23-42-30-20-24-10-3-4-11-25(24)21-31(30)45-35-32(42)27(34(28)43)22-29(37)33(35)40(2)15-5-6-17-41-18-7-8-19-41/h23-27,29-33,35H,3-22H2,1-2H3,(H,38,44). The normalized spacial score (nSPS) is 40.2. The van der Waals surface area contributed by atoms with Crippen molar-refractivity contribution in [3.63, 3.8) is 0 Å². The van der Waals surface area contributed by atoms with E-state index in [9.17, 15) is 9.59 Å². The fourth-order valence-corrected chi connectivity index (χ4v) is 10.6. The van der Waals surface area contributed by atoms with Gasteiger partial charge in [-0.25, -0.2) is 4.39 Å². The number of morpholine rings is 1. The number of unbranched alkanes of at least 4 members (excludes halogenated alkanes) is 1. The molecule has 0 radical (unpaired) electrons. The second kappa shape index (κ2) is 13.9. The minimum atomic E-state index is -1.16. The van der Waals surface area contributed by atoms with E-state index in [1.54, 1.807) is 0 Å². The molecular formula is C36H58FN5O3. The highest BCUT2D eigenvalue weighted by molar-refractivity contribution is 6.20. The van der Waals surface area contributed by atoms with Crippen molar-refractivity contribution in [2.24, 2.45) is 17.8 Å². The van der Waals surface area contributed by atoms with E-state index in [1.165, 1.54) is 58.0 Å². The lowest BCUT2D eigenvalue weighted by molar-refractivity contribution is -0.219. The van der Waals surface area contributed by atoms with Crippen molar-refractivity contribution in [2.75, 3.05) is 53.4 Å². The van der Waals surface area contributed by atoms with Gasteiger partial charge in [0, 0.05) is 24.7 Å². The third-order valence-electron chi connectivity index (χ3n) is 13.1. The number of likely N-dealkylation sites (tertiary alicyclic amines) is 2. The maximum Gasteiger partial charge on any atom is 0.256 e. The molecule has 0 aromatic carbocycles. The van der Waals surface area contributed by atoms with Crippen LogP contribution >= 0.6 is 0 Å². The van der Waals surface area contributed by atoms with E-state index >= 15 is 4.39 Å². The molecule has 10 atom stereocenters. The number of ether oxygens (including phenoxy) is 1. The van der Waals surface area contributed by atoms with Crippen molar-refractivity contribution in [3.8, 4) is 0 Å². The predicted octanol–water partition coefficient (Wildman–Crippen LogP) is 3.99. The number of alkyl halides is 1. The molecule has 0 bridgehead atoms. The third kappa shape index (κ3) is 6.49. The van der Waals surface area contributed by atoms with Gasteiger partial charge in [0.15, 0.2) is 5.78 Å². The molecule has 4 heterocycles. The topological polar surface area (TPSA) is 68.4 Å². The molecule has 0 spiro atoms. The van der Waals surface area contributed by atoms with Gasteiger partial charge in [-0.15, -0.1) is 0 Å². The Morgan fingerprint density at radius 2 is 1.80 bits per heavy atom. The van der Waals surface area contributed by atoms with Crippen LogP contribution in [-0.4, -0.2) is 127 Å². The molecule has 8 nitrogen and oxygen atoms in total. The highest BCUT2D eigenvalue weighted by atomic mass is 19.1. The minimum Gasteiger partial charge on any atom is -0.369 e. The van der Waals surface area contributed by atoms with Gasteiger partial charge in [0.2, 0.25) is 0 Å². The first-order valence-corrected chi connectivity index (χ1v) is 18.6. The smallest absolute Gasteiger partial charge is 0.256 e. The molecule has 3 aliphatic carbocycles. The van der Waals surface area contributed by atoms with E-state index in [0.29, 0.717) is 24.4 Å². The molecule has 1 N–H and O–H groups in total. The molecule has 45 heavy (non-hydrogen) atoms. The van der Waals surface area contributed by atoms with Crippen molar-refractivity contribution in [3.05, 3.63) is 11.8 Å². The Hall–Kier alpha value is -1.55. The first-order chi connectivity index (χ1) is 21.9. The number of nitrogens with zero attached hydrogens (tertiary/aromatic N) is 4. The van der Waals surface area contributed by atoms with Crippen molar-refractivity contribution >= 4 is 11.7 Å². The Morgan fingerprint density at radius 3 is 2.56 bits per heavy atom. The highest BCUT2D eigenvalue weighted by Gasteiger charge is 2.60. The molecule has 7 aliphatic rings. The molecule has 0 aromatic heterocycles. The van der Waals surface area contributed by atoms with Gasteiger partial charge in [0.1, 0.15) is 6.17 Å². The van der Waals surface area contributed by atoms with Crippen LogP contribution < -0.4 is 5.32 Å². The van der Waals surface area contributed by atoms with Crippen LogP contribution in [-0.2, 0) is 14.3 Å². The van der Waals surface area contributed by atoms with Crippen LogP contribution in [0.1, 0.15) is 89.9 Å². The molecular weight excluding hydrogens is 569 g/mol. The van der Waals surface area contributed by atoms with Crippen LogP contribution in [0.2, 0.25) is 0 Å². The molecule has 10 unspecified atom stereocenters. The second-order valence-electron chi connectivity index (χ2n) is 15.7. The Kier molecular flexibility index (Phi) is 9.89. The molecule has 252 valence electrons.